The summed E-state index contributed by atoms with van der Waals surface area (Å²) in [4.78, 5) is 4.43. The van der Waals surface area contributed by atoms with Gasteiger partial charge in [0.2, 0.25) is 5.89 Å². The number of rotatable bonds is 4. The standard InChI is InChI=1S/C15H19NO2/c1-5-17-15-13(10(2)3)18-14(16-15)12-8-6-11(4)7-9-12/h6-10H,5H2,1-4H3. The fraction of sp³-hybridized carbons (Fsp3) is 0.400. The predicted octanol–water partition coefficient (Wildman–Crippen LogP) is 4.17. The minimum atomic E-state index is 0.262. The summed E-state index contributed by atoms with van der Waals surface area (Å²) in [5, 5.41) is 0. The maximum absolute atomic E-state index is 5.82. The van der Waals surface area contributed by atoms with Crippen molar-refractivity contribution in [3.8, 4) is 17.3 Å². The topological polar surface area (TPSA) is 35.3 Å². The third kappa shape index (κ3) is 2.55. The van der Waals surface area contributed by atoms with Crippen molar-refractivity contribution in [1.29, 1.82) is 0 Å². The predicted molar refractivity (Wildman–Crippen MR) is 71.9 cm³/mol. The van der Waals surface area contributed by atoms with E-state index in [4.69, 9.17) is 9.15 Å². The number of hydrogen-bond acceptors (Lipinski definition) is 3. The Bertz CT molecular complexity index is 512. The first-order chi connectivity index (χ1) is 8.61. The maximum atomic E-state index is 5.82. The average molecular weight is 245 g/mol. The minimum Gasteiger partial charge on any atom is -0.475 e. The Morgan fingerprint density at radius 2 is 1.89 bits per heavy atom. The molecule has 2 aromatic rings. The Balaban J connectivity index is 2.39. The van der Waals surface area contributed by atoms with Gasteiger partial charge in [0.25, 0.3) is 5.88 Å². The molecule has 2 rings (SSSR count). The smallest absolute Gasteiger partial charge is 0.256 e. The van der Waals surface area contributed by atoms with Crippen molar-refractivity contribution in [3.05, 3.63) is 35.6 Å². The highest BCUT2D eigenvalue weighted by Crippen LogP contribution is 2.31. The molecule has 18 heavy (non-hydrogen) atoms. The fourth-order valence-corrected chi connectivity index (χ4v) is 1.74. The Kier molecular flexibility index (Phi) is 3.70. The van der Waals surface area contributed by atoms with Gasteiger partial charge in [0.05, 0.1) is 6.61 Å². The normalized spacial score (nSPS) is 10.9. The second kappa shape index (κ2) is 5.25. The summed E-state index contributed by atoms with van der Waals surface area (Å²) in [5.74, 6) is 2.32. The third-order valence-electron chi connectivity index (χ3n) is 2.72. The molecule has 1 heterocycles. The van der Waals surface area contributed by atoms with Crippen molar-refractivity contribution >= 4 is 0 Å². The van der Waals surface area contributed by atoms with Gasteiger partial charge in [-0.2, -0.15) is 4.98 Å². The van der Waals surface area contributed by atoms with Crippen molar-refractivity contribution < 1.29 is 9.15 Å². The second-order valence-corrected chi connectivity index (χ2v) is 4.64. The molecule has 0 amide bonds. The summed E-state index contributed by atoms with van der Waals surface area (Å²) in [7, 11) is 0. The Hall–Kier alpha value is -1.77. The Morgan fingerprint density at radius 3 is 2.44 bits per heavy atom. The summed E-state index contributed by atoms with van der Waals surface area (Å²) >= 11 is 0. The Labute approximate surface area is 108 Å². The first-order valence-electron chi connectivity index (χ1n) is 6.32. The van der Waals surface area contributed by atoms with E-state index in [9.17, 15) is 0 Å². The number of benzene rings is 1. The van der Waals surface area contributed by atoms with Crippen LogP contribution in [0, 0.1) is 6.92 Å². The van der Waals surface area contributed by atoms with E-state index in [0.717, 1.165) is 11.3 Å². The first kappa shape index (κ1) is 12.7. The zero-order chi connectivity index (χ0) is 13.1. The van der Waals surface area contributed by atoms with Gasteiger partial charge in [0.15, 0.2) is 5.76 Å². The van der Waals surface area contributed by atoms with Gasteiger partial charge in [-0.3, -0.25) is 0 Å². The van der Waals surface area contributed by atoms with E-state index in [1.54, 1.807) is 0 Å². The van der Waals surface area contributed by atoms with Gasteiger partial charge in [-0.15, -0.1) is 0 Å². The summed E-state index contributed by atoms with van der Waals surface area (Å²) in [5.41, 5.74) is 2.20. The third-order valence-corrected chi connectivity index (χ3v) is 2.72. The van der Waals surface area contributed by atoms with Crippen LogP contribution in [0.1, 0.15) is 38.0 Å². The van der Waals surface area contributed by atoms with E-state index >= 15 is 0 Å². The number of aromatic nitrogens is 1. The lowest BCUT2D eigenvalue weighted by Crippen LogP contribution is -1.96. The van der Waals surface area contributed by atoms with Gasteiger partial charge in [-0.25, -0.2) is 0 Å². The van der Waals surface area contributed by atoms with Crippen LogP contribution in [0.3, 0.4) is 0 Å². The highest BCUT2D eigenvalue weighted by Gasteiger charge is 2.18. The van der Waals surface area contributed by atoms with E-state index in [1.807, 2.05) is 19.1 Å². The fourth-order valence-electron chi connectivity index (χ4n) is 1.74. The van der Waals surface area contributed by atoms with E-state index in [0.29, 0.717) is 18.4 Å². The van der Waals surface area contributed by atoms with Crippen molar-refractivity contribution in [2.24, 2.45) is 0 Å². The molecule has 3 nitrogen and oxygen atoms in total. The SMILES string of the molecule is CCOc1nc(-c2ccc(C)cc2)oc1C(C)C. The van der Waals surface area contributed by atoms with Gasteiger partial charge in [-0.1, -0.05) is 31.5 Å². The summed E-state index contributed by atoms with van der Waals surface area (Å²) in [6.45, 7) is 8.75. The summed E-state index contributed by atoms with van der Waals surface area (Å²) in [6.07, 6.45) is 0. The molecule has 0 radical (unpaired) electrons. The molecule has 1 aromatic carbocycles. The largest absolute Gasteiger partial charge is 0.475 e. The van der Waals surface area contributed by atoms with Crippen LogP contribution < -0.4 is 4.74 Å². The van der Waals surface area contributed by atoms with Gasteiger partial charge in [-0.05, 0) is 26.0 Å². The zero-order valence-electron chi connectivity index (χ0n) is 11.4. The molecule has 0 aliphatic heterocycles. The lowest BCUT2D eigenvalue weighted by molar-refractivity contribution is 0.315. The van der Waals surface area contributed by atoms with E-state index < -0.39 is 0 Å². The van der Waals surface area contributed by atoms with Gasteiger partial charge >= 0.3 is 0 Å². The van der Waals surface area contributed by atoms with Crippen molar-refractivity contribution in [1.82, 2.24) is 4.98 Å². The van der Waals surface area contributed by atoms with Crippen LogP contribution in [0.5, 0.6) is 5.88 Å². The van der Waals surface area contributed by atoms with E-state index in [1.165, 1.54) is 5.56 Å². The van der Waals surface area contributed by atoms with E-state index in [2.05, 4.69) is 37.9 Å². The molecule has 0 atom stereocenters. The molecule has 0 saturated carbocycles. The summed E-state index contributed by atoms with van der Waals surface area (Å²) in [6, 6.07) is 8.13. The van der Waals surface area contributed by atoms with E-state index in [-0.39, 0.29) is 5.92 Å². The first-order valence-corrected chi connectivity index (χ1v) is 6.32. The quantitative estimate of drug-likeness (QED) is 0.810. The lowest BCUT2D eigenvalue weighted by Gasteiger charge is -2.02. The van der Waals surface area contributed by atoms with Crippen molar-refractivity contribution in [3.63, 3.8) is 0 Å². The van der Waals surface area contributed by atoms with Crippen LogP contribution in [0.25, 0.3) is 11.5 Å². The van der Waals surface area contributed by atoms with Crippen LogP contribution >= 0.6 is 0 Å². The monoisotopic (exact) mass is 245 g/mol. The molecule has 0 saturated heterocycles. The molecule has 96 valence electrons. The lowest BCUT2D eigenvalue weighted by atomic mass is 10.1. The molecule has 1 aromatic heterocycles. The highest BCUT2D eigenvalue weighted by molar-refractivity contribution is 5.55. The molecule has 0 aliphatic carbocycles. The number of hydrogen-bond donors (Lipinski definition) is 0. The summed E-state index contributed by atoms with van der Waals surface area (Å²) < 4.78 is 11.3. The molecule has 0 unspecified atom stereocenters. The second-order valence-electron chi connectivity index (χ2n) is 4.64. The maximum Gasteiger partial charge on any atom is 0.256 e. The van der Waals surface area contributed by atoms with Crippen LogP contribution in [0.2, 0.25) is 0 Å². The number of aryl methyl sites for hydroxylation is 1. The van der Waals surface area contributed by atoms with Crippen LogP contribution in [0.4, 0.5) is 0 Å². The van der Waals surface area contributed by atoms with Crippen molar-refractivity contribution in [2.45, 2.75) is 33.6 Å². The molecule has 0 aliphatic rings. The Morgan fingerprint density at radius 1 is 1.22 bits per heavy atom. The molecular weight excluding hydrogens is 226 g/mol. The van der Waals surface area contributed by atoms with Crippen LogP contribution in [-0.4, -0.2) is 11.6 Å². The average Bonchev–Trinajstić information content (AvgIpc) is 2.75. The minimum absolute atomic E-state index is 0.262. The van der Waals surface area contributed by atoms with Crippen LogP contribution in [-0.2, 0) is 0 Å². The molecule has 3 heteroatoms. The van der Waals surface area contributed by atoms with Crippen molar-refractivity contribution in [2.75, 3.05) is 6.61 Å². The zero-order valence-corrected chi connectivity index (χ0v) is 11.4. The highest BCUT2D eigenvalue weighted by atomic mass is 16.5. The number of oxazole rings is 1. The molecule has 0 N–H and O–H groups in total. The number of nitrogens with zero attached hydrogens (tertiary/aromatic N) is 1. The molecule has 0 spiro atoms. The molecule has 0 bridgehead atoms. The van der Waals surface area contributed by atoms with Gasteiger partial charge < -0.3 is 9.15 Å². The molecule has 0 fully saturated rings. The molecular formula is C15H19NO2. The number of ether oxygens (including phenoxy) is 1. The van der Waals surface area contributed by atoms with Gasteiger partial charge in [0, 0.05) is 11.5 Å². The van der Waals surface area contributed by atoms with Gasteiger partial charge in [0.1, 0.15) is 0 Å². The van der Waals surface area contributed by atoms with Crippen LogP contribution in [0.15, 0.2) is 28.7 Å².